The van der Waals surface area contributed by atoms with Crippen molar-refractivity contribution in [3.8, 4) is 0 Å². The van der Waals surface area contributed by atoms with Crippen LogP contribution in [0.5, 0.6) is 0 Å². The Morgan fingerprint density at radius 3 is 3.06 bits per heavy atom. The van der Waals surface area contributed by atoms with Crippen molar-refractivity contribution < 1.29 is 14.3 Å². The van der Waals surface area contributed by atoms with Crippen molar-refractivity contribution in [3.05, 3.63) is 28.8 Å². The zero-order valence-corrected chi connectivity index (χ0v) is 9.46. The van der Waals surface area contributed by atoms with E-state index in [0.29, 0.717) is 6.42 Å². The lowest BCUT2D eigenvalue weighted by molar-refractivity contribution is 0.0933. The zero-order valence-electron chi connectivity index (χ0n) is 8.70. The van der Waals surface area contributed by atoms with Crippen molar-refractivity contribution in [2.75, 3.05) is 6.61 Å². The summed E-state index contributed by atoms with van der Waals surface area (Å²) >= 11 is 5.66. The molecule has 1 aromatic rings. The smallest absolute Gasteiger partial charge is 0.254 e. The van der Waals surface area contributed by atoms with Gasteiger partial charge in [0.05, 0.1) is 11.8 Å². The molecule has 1 rings (SSSR count). The first kappa shape index (κ1) is 12.9. The molecule has 6 heteroatoms. The van der Waals surface area contributed by atoms with Gasteiger partial charge in [-0.3, -0.25) is 4.79 Å². The highest BCUT2D eigenvalue weighted by molar-refractivity contribution is 6.32. The molecular weight excluding hydrogens is 235 g/mol. The molecule has 0 spiro atoms. The lowest BCUT2D eigenvalue weighted by atomic mass is 10.2. The zero-order chi connectivity index (χ0) is 12.1. The van der Waals surface area contributed by atoms with Crippen LogP contribution in [0.15, 0.2) is 12.3 Å². The van der Waals surface area contributed by atoms with Gasteiger partial charge in [0.1, 0.15) is 11.0 Å². The van der Waals surface area contributed by atoms with Crippen molar-refractivity contribution in [1.29, 1.82) is 0 Å². The summed E-state index contributed by atoms with van der Waals surface area (Å²) in [4.78, 5) is 15.2. The largest absolute Gasteiger partial charge is 0.396 e. The molecule has 88 valence electrons. The average molecular weight is 247 g/mol. The third kappa shape index (κ3) is 3.43. The van der Waals surface area contributed by atoms with Crippen LogP contribution in [0.25, 0.3) is 0 Å². The Morgan fingerprint density at radius 1 is 1.75 bits per heavy atom. The summed E-state index contributed by atoms with van der Waals surface area (Å²) in [5, 5.41) is 11.2. The predicted octanol–water partition coefficient (Wildman–Crippen LogP) is 1.37. The van der Waals surface area contributed by atoms with Crippen molar-refractivity contribution in [2.24, 2.45) is 0 Å². The Morgan fingerprint density at radius 2 is 2.44 bits per heavy atom. The second-order valence-corrected chi connectivity index (χ2v) is 3.74. The lowest BCUT2D eigenvalue weighted by Gasteiger charge is -2.12. The quantitative estimate of drug-likeness (QED) is 0.789. The van der Waals surface area contributed by atoms with Gasteiger partial charge in [0.25, 0.3) is 5.91 Å². The van der Waals surface area contributed by atoms with Gasteiger partial charge < -0.3 is 10.4 Å². The third-order valence-corrected chi connectivity index (χ3v) is 2.29. The Bertz CT molecular complexity index is 387. The lowest BCUT2D eigenvalue weighted by Crippen LogP contribution is -2.33. The number of amides is 1. The number of hydrogen-bond donors (Lipinski definition) is 2. The van der Waals surface area contributed by atoms with Crippen LogP contribution in [-0.4, -0.2) is 28.6 Å². The predicted molar refractivity (Wildman–Crippen MR) is 57.8 cm³/mol. The highest BCUT2D eigenvalue weighted by Gasteiger charge is 2.14. The Hall–Kier alpha value is -1.20. The van der Waals surface area contributed by atoms with E-state index in [1.807, 2.05) is 0 Å². The van der Waals surface area contributed by atoms with Crippen LogP contribution in [0.4, 0.5) is 4.39 Å². The molecule has 2 N–H and O–H groups in total. The molecule has 0 aliphatic rings. The van der Waals surface area contributed by atoms with Gasteiger partial charge in [0.15, 0.2) is 0 Å². The maximum Gasteiger partial charge on any atom is 0.254 e. The van der Waals surface area contributed by atoms with Gasteiger partial charge in [-0.2, -0.15) is 0 Å². The Balaban J connectivity index is 2.76. The Labute approximate surface area is 97.5 Å². The molecule has 0 saturated carbocycles. The van der Waals surface area contributed by atoms with Gasteiger partial charge in [-0.05, 0) is 19.4 Å². The third-order valence-electron chi connectivity index (χ3n) is 1.99. The van der Waals surface area contributed by atoms with E-state index < -0.39 is 11.7 Å². The first-order valence-corrected chi connectivity index (χ1v) is 5.15. The van der Waals surface area contributed by atoms with Gasteiger partial charge in [-0.1, -0.05) is 11.6 Å². The van der Waals surface area contributed by atoms with Crippen LogP contribution in [0.3, 0.4) is 0 Å². The summed E-state index contributed by atoms with van der Waals surface area (Å²) in [5.41, 5.74) is -0.00791. The Kier molecular flexibility index (Phi) is 4.64. The first-order chi connectivity index (χ1) is 7.54. The number of nitrogens with zero attached hydrogens (tertiary/aromatic N) is 1. The number of aliphatic hydroxyl groups excluding tert-OH is 1. The van der Waals surface area contributed by atoms with E-state index in [0.717, 1.165) is 12.3 Å². The molecule has 0 bridgehead atoms. The van der Waals surface area contributed by atoms with Crippen LogP contribution in [0.2, 0.25) is 5.15 Å². The molecule has 0 aliphatic heterocycles. The van der Waals surface area contributed by atoms with Crippen molar-refractivity contribution >= 4 is 17.5 Å². The van der Waals surface area contributed by atoms with Crippen LogP contribution in [0.1, 0.15) is 23.7 Å². The fourth-order valence-electron chi connectivity index (χ4n) is 1.15. The van der Waals surface area contributed by atoms with Crippen LogP contribution in [-0.2, 0) is 0 Å². The van der Waals surface area contributed by atoms with Crippen LogP contribution < -0.4 is 5.32 Å². The molecule has 1 unspecified atom stereocenters. The summed E-state index contributed by atoms with van der Waals surface area (Å²) in [5.74, 6) is -1.12. The number of pyridine rings is 1. The highest BCUT2D eigenvalue weighted by Crippen LogP contribution is 2.13. The average Bonchev–Trinajstić information content (AvgIpc) is 2.21. The first-order valence-electron chi connectivity index (χ1n) is 4.77. The highest BCUT2D eigenvalue weighted by atomic mass is 35.5. The molecule has 0 radical (unpaired) electrons. The number of halogens is 2. The molecule has 0 fully saturated rings. The standard InChI is InChI=1S/C10H12ClFN2O2/c1-6(2-3-15)14-10(16)8-4-7(12)5-13-9(8)11/h4-6,15H,2-3H2,1H3,(H,14,16). The fraction of sp³-hybridized carbons (Fsp3) is 0.400. The molecule has 1 aromatic heterocycles. The summed E-state index contributed by atoms with van der Waals surface area (Å²) in [6, 6.07) is 0.813. The number of nitrogens with one attached hydrogen (secondary N) is 1. The van der Waals surface area contributed by atoms with E-state index >= 15 is 0 Å². The van der Waals surface area contributed by atoms with Crippen LogP contribution in [0, 0.1) is 5.82 Å². The van der Waals surface area contributed by atoms with Crippen molar-refractivity contribution in [2.45, 2.75) is 19.4 Å². The minimum Gasteiger partial charge on any atom is -0.396 e. The summed E-state index contributed by atoms with van der Waals surface area (Å²) in [6.45, 7) is 1.70. The van der Waals surface area contributed by atoms with Crippen LogP contribution >= 0.6 is 11.6 Å². The van der Waals surface area contributed by atoms with E-state index in [1.165, 1.54) is 0 Å². The summed E-state index contributed by atoms with van der Waals surface area (Å²) in [6.07, 6.45) is 1.36. The van der Waals surface area contributed by atoms with E-state index in [1.54, 1.807) is 6.92 Å². The van der Waals surface area contributed by atoms with Crippen molar-refractivity contribution in [1.82, 2.24) is 10.3 Å². The fourth-order valence-corrected chi connectivity index (χ4v) is 1.34. The molecular formula is C10H12ClFN2O2. The number of carbonyl (C=O) groups is 1. The second kappa shape index (κ2) is 5.77. The van der Waals surface area contributed by atoms with E-state index in [4.69, 9.17) is 16.7 Å². The maximum absolute atomic E-state index is 12.9. The van der Waals surface area contributed by atoms with E-state index in [9.17, 15) is 9.18 Å². The SMILES string of the molecule is CC(CCO)NC(=O)c1cc(F)cnc1Cl. The number of aliphatic hydroxyl groups is 1. The van der Waals surface area contributed by atoms with Crippen molar-refractivity contribution in [3.63, 3.8) is 0 Å². The maximum atomic E-state index is 12.9. The van der Waals surface area contributed by atoms with Gasteiger partial charge in [0, 0.05) is 12.6 Å². The second-order valence-electron chi connectivity index (χ2n) is 3.38. The minimum absolute atomic E-state index is 0.00791. The number of hydrogen-bond acceptors (Lipinski definition) is 3. The molecule has 0 aliphatic carbocycles. The summed E-state index contributed by atoms with van der Waals surface area (Å²) in [7, 11) is 0. The monoisotopic (exact) mass is 246 g/mol. The molecule has 1 amide bonds. The normalized spacial score (nSPS) is 12.2. The number of rotatable bonds is 4. The van der Waals surface area contributed by atoms with Gasteiger partial charge in [0.2, 0.25) is 0 Å². The number of aromatic nitrogens is 1. The van der Waals surface area contributed by atoms with Gasteiger partial charge in [-0.25, -0.2) is 9.37 Å². The molecule has 16 heavy (non-hydrogen) atoms. The van der Waals surface area contributed by atoms with Gasteiger partial charge >= 0.3 is 0 Å². The topological polar surface area (TPSA) is 62.2 Å². The van der Waals surface area contributed by atoms with E-state index in [2.05, 4.69) is 10.3 Å². The molecule has 0 aromatic carbocycles. The van der Waals surface area contributed by atoms with Gasteiger partial charge in [-0.15, -0.1) is 0 Å². The molecule has 0 saturated heterocycles. The minimum atomic E-state index is -0.621. The molecule has 1 heterocycles. The molecule has 4 nitrogen and oxygen atoms in total. The van der Waals surface area contributed by atoms with E-state index in [-0.39, 0.29) is 23.4 Å². The molecule has 1 atom stereocenters. The number of carbonyl (C=O) groups excluding carboxylic acids is 1. The summed E-state index contributed by atoms with van der Waals surface area (Å²) < 4.78 is 12.9.